The zero-order valence-corrected chi connectivity index (χ0v) is 17.5. The van der Waals surface area contributed by atoms with E-state index in [2.05, 4.69) is 20.5 Å². The van der Waals surface area contributed by atoms with Gasteiger partial charge in [0, 0.05) is 29.6 Å². The maximum absolute atomic E-state index is 13.1. The van der Waals surface area contributed by atoms with Gasteiger partial charge in [0.05, 0.1) is 22.7 Å². The Morgan fingerprint density at radius 2 is 2.00 bits per heavy atom. The molecule has 3 heterocycles. The lowest BCUT2D eigenvalue weighted by Gasteiger charge is -2.27. The van der Waals surface area contributed by atoms with Crippen LogP contribution >= 0.6 is 11.8 Å². The Bertz CT molecular complexity index is 1280. The van der Waals surface area contributed by atoms with Gasteiger partial charge in [0.25, 0.3) is 11.1 Å². The van der Waals surface area contributed by atoms with Crippen LogP contribution in [0.2, 0.25) is 0 Å². The number of aromatic amines is 1. The largest absolute Gasteiger partial charge is 0.411 e. The summed E-state index contributed by atoms with van der Waals surface area (Å²) in [5.41, 5.74) is 3.13. The summed E-state index contributed by atoms with van der Waals surface area (Å²) in [5.74, 6) is 0.273. The van der Waals surface area contributed by atoms with Crippen LogP contribution in [-0.4, -0.2) is 38.8 Å². The van der Waals surface area contributed by atoms with Gasteiger partial charge in [-0.25, -0.2) is 0 Å². The van der Waals surface area contributed by atoms with Crippen molar-refractivity contribution in [1.29, 1.82) is 0 Å². The first-order valence-corrected chi connectivity index (χ1v) is 10.8. The molecule has 0 bridgehead atoms. The number of carbonyl (C=O) groups excluding carboxylic acids is 2. The highest BCUT2D eigenvalue weighted by Crippen LogP contribution is 2.33. The summed E-state index contributed by atoms with van der Waals surface area (Å²) >= 11 is 1.18. The maximum atomic E-state index is 13.1. The van der Waals surface area contributed by atoms with Crippen LogP contribution in [0.4, 0.5) is 11.4 Å². The first kappa shape index (κ1) is 19.4. The number of amides is 2. The molecule has 0 saturated heterocycles. The summed E-state index contributed by atoms with van der Waals surface area (Å²) in [5, 5.41) is 12.4. The van der Waals surface area contributed by atoms with Crippen molar-refractivity contribution in [1.82, 2.24) is 15.2 Å². The fraction of sp³-hybridized carbons (Fsp3) is 0.182. The molecule has 156 valence electrons. The zero-order valence-electron chi connectivity index (χ0n) is 16.7. The summed E-state index contributed by atoms with van der Waals surface area (Å²) in [6.45, 7) is 1.87. The molecular formula is C22H19N5O3S. The molecule has 2 aromatic heterocycles. The molecule has 0 fully saturated rings. The van der Waals surface area contributed by atoms with E-state index in [0.717, 1.165) is 16.5 Å². The van der Waals surface area contributed by atoms with E-state index >= 15 is 0 Å². The Morgan fingerprint density at radius 3 is 2.90 bits per heavy atom. The lowest BCUT2D eigenvalue weighted by Crippen LogP contribution is -2.40. The Labute approximate surface area is 182 Å². The average molecular weight is 433 g/mol. The fourth-order valence-corrected chi connectivity index (χ4v) is 4.41. The molecule has 0 aliphatic carbocycles. The van der Waals surface area contributed by atoms with E-state index < -0.39 is 0 Å². The van der Waals surface area contributed by atoms with E-state index in [9.17, 15) is 9.59 Å². The number of hydrogen-bond acceptors (Lipinski definition) is 6. The van der Waals surface area contributed by atoms with Crippen molar-refractivity contribution >= 4 is 45.9 Å². The Kier molecular flexibility index (Phi) is 4.95. The van der Waals surface area contributed by atoms with E-state index in [4.69, 9.17) is 4.42 Å². The number of aromatic nitrogens is 3. The third-order valence-corrected chi connectivity index (χ3v) is 5.98. The highest BCUT2D eigenvalue weighted by Gasteiger charge is 2.29. The number of anilines is 2. The second-order valence-corrected chi connectivity index (χ2v) is 8.22. The monoisotopic (exact) mass is 433 g/mol. The molecule has 9 heteroatoms. The van der Waals surface area contributed by atoms with Gasteiger partial charge in [-0.05, 0) is 25.1 Å². The number of fused-ring (bicyclic) bond motifs is 2. The first-order chi connectivity index (χ1) is 15.1. The highest BCUT2D eigenvalue weighted by atomic mass is 32.2. The molecule has 1 atom stereocenters. The molecule has 1 aliphatic heterocycles. The van der Waals surface area contributed by atoms with Crippen molar-refractivity contribution < 1.29 is 14.0 Å². The number of para-hydroxylation sites is 3. The quantitative estimate of drug-likeness (QED) is 0.470. The van der Waals surface area contributed by atoms with Gasteiger partial charge < -0.3 is 19.6 Å². The van der Waals surface area contributed by atoms with Gasteiger partial charge in [-0.2, -0.15) is 0 Å². The van der Waals surface area contributed by atoms with Gasteiger partial charge in [0.1, 0.15) is 0 Å². The molecule has 5 rings (SSSR count). The highest BCUT2D eigenvalue weighted by molar-refractivity contribution is 7.99. The molecule has 8 nitrogen and oxygen atoms in total. The smallest absolute Gasteiger partial charge is 0.277 e. The molecule has 31 heavy (non-hydrogen) atoms. The Hall–Kier alpha value is -3.59. The van der Waals surface area contributed by atoms with Crippen molar-refractivity contribution in [2.24, 2.45) is 0 Å². The van der Waals surface area contributed by atoms with Crippen LogP contribution in [0.15, 0.2) is 64.4 Å². The van der Waals surface area contributed by atoms with Crippen LogP contribution < -0.4 is 10.2 Å². The predicted molar refractivity (Wildman–Crippen MR) is 119 cm³/mol. The number of nitrogens with zero attached hydrogens (tertiary/aromatic N) is 3. The van der Waals surface area contributed by atoms with Crippen LogP contribution in [0.5, 0.6) is 0 Å². The lowest BCUT2D eigenvalue weighted by atomic mass is 10.2. The standard InChI is InChI=1S/C22H19N5O3S/c1-13-10-19(28)24-17-8-4-5-9-18(17)27(13)20(29)12-31-22-26-25-21(30-22)15-11-23-16-7-3-2-6-14(15)16/h2-9,11,13,23H,10,12H2,1H3,(H,24,28). The van der Waals surface area contributed by atoms with Crippen molar-refractivity contribution in [3.8, 4) is 11.5 Å². The molecule has 0 radical (unpaired) electrons. The number of benzene rings is 2. The fourth-order valence-electron chi connectivity index (χ4n) is 3.79. The number of carbonyl (C=O) groups is 2. The van der Waals surface area contributed by atoms with Gasteiger partial charge in [0.2, 0.25) is 11.8 Å². The summed E-state index contributed by atoms with van der Waals surface area (Å²) < 4.78 is 5.80. The van der Waals surface area contributed by atoms with E-state index in [-0.39, 0.29) is 30.0 Å². The molecule has 2 amide bonds. The number of nitrogens with one attached hydrogen (secondary N) is 2. The molecule has 2 aromatic carbocycles. The van der Waals surface area contributed by atoms with Crippen molar-refractivity contribution in [2.75, 3.05) is 16.0 Å². The summed E-state index contributed by atoms with van der Waals surface area (Å²) in [6, 6.07) is 14.9. The van der Waals surface area contributed by atoms with E-state index in [0.29, 0.717) is 22.5 Å². The number of hydrogen-bond donors (Lipinski definition) is 2. The van der Waals surface area contributed by atoms with E-state index in [1.807, 2.05) is 55.6 Å². The minimum Gasteiger partial charge on any atom is -0.411 e. The minimum atomic E-state index is -0.263. The van der Waals surface area contributed by atoms with Gasteiger partial charge in [-0.15, -0.1) is 10.2 Å². The molecule has 1 unspecified atom stereocenters. The predicted octanol–water partition coefficient (Wildman–Crippen LogP) is 4.07. The third kappa shape index (κ3) is 3.68. The molecular weight excluding hydrogens is 414 g/mol. The van der Waals surface area contributed by atoms with Crippen LogP contribution in [0.1, 0.15) is 13.3 Å². The summed E-state index contributed by atoms with van der Waals surface area (Å²) in [4.78, 5) is 30.1. The van der Waals surface area contributed by atoms with Crippen molar-refractivity contribution in [2.45, 2.75) is 24.6 Å². The normalized spacial score (nSPS) is 16.1. The first-order valence-electron chi connectivity index (χ1n) is 9.84. The average Bonchev–Trinajstić information content (AvgIpc) is 3.37. The number of rotatable bonds is 4. The summed E-state index contributed by atoms with van der Waals surface area (Å²) in [6.07, 6.45) is 2.06. The molecule has 2 N–H and O–H groups in total. The number of thioether (sulfide) groups is 1. The third-order valence-electron chi connectivity index (χ3n) is 5.17. The van der Waals surface area contributed by atoms with E-state index in [1.165, 1.54) is 11.8 Å². The van der Waals surface area contributed by atoms with Gasteiger partial charge in [0.15, 0.2) is 0 Å². The SMILES string of the molecule is CC1CC(=O)Nc2ccccc2N1C(=O)CSc1nnc(-c2c[nH]c3ccccc23)o1. The lowest BCUT2D eigenvalue weighted by molar-refractivity contribution is -0.117. The van der Waals surface area contributed by atoms with Gasteiger partial charge in [-0.3, -0.25) is 9.59 Å². The summed E-state index contributed by atoms with van der Waals surface area (Å²) in [7, 11) is 0. The second kappa shape index (κ2) is 7.92. The topological polar surface area (TPSA) is 104 Å². The van der Waals surface area contributed by atoms with Crippen LogP contribution in [0, 0.1) is 0 Å². The molecule has 0 spiro atoms. The van der Waals surface area contributed by atoms with E-state index in [1.54, 1.807) is 11.0 Å². The van der Waals surface area contributed by atoms with Gasteiger partial charge >= 0.3 is 0 Å². The Balaban J connectivity index is 1.34. The van der Waals surface area contributed by atoms with Crippen LogP contribution in [-0.2, 0) is 9.59 Å². The molecule has 4 aromatic rings. The van der Waals surface area contributed by atoms with Crippen LogP contribution in [0.25, 0.3) is 22.4 Å². The van der Waals surface area contributed by atoms with Gasteiger partial charge in [-0.1, -0.05) is 42.1 Å². The maximum Gasteiger partial charge on any atom is 0.277 e. The van der Waals surface area contributed by atoms with Crippen molar-refractivity contribution in [3.05, 3.63) is 54.7 Å². The minimum absolute atomic E-state index is 0.108. The Morgan fingerprint density at radius 1 is 1.19 bits per heavy atom. The zero-order chi connectivity index (χ0) is 21.4. The van der Waals surface area contributed by atoms with Crippen molar-refractivity contribution in [3.63, 3.8) is 0 Å². The second-order valence-electron chi connectivity index (χ2n) is 7.29. The number of H-pyrrole nitrogens is 1. The van der Waals surface area contributed by atoms with Crippen LogP contribution in [0.3, 0.4) is 0 Å². The molecule has 0 saturated carbocycles. The molecule has 1 aliphatic rings.